The summed E-state index contributed by atoms with van der Waals surface area (Å²) in [5.41, 5.74) is 6.25. The highest BCUT2D eigenvalue weighted by atomic mass is 127. The molecule has 0 heterocycles. The van der Waals surface area contributed by atoms with E-state index in [2.05, 4.69) is 43.8 Å². The predicted molar refractivity (Wildman–Crippen MR) is 71.0 cm³/mol. The van der Waals surface area contributed by atoms with Crippen molar-refractivity contribution < 1.29 is 9.90 Å². The van der Waals surface area contributed by atoms with Crippen LogP contribution >= 0.6 is 38.5 Å². The van der Waals surface area contributed by atoms with Crippen molar-refractivity contribution in [2.75, 3.05) is 11.9 Å². The van der Waals surface area contributed by atoms with E-state index in [0.717, 1.165) is 13.7 Å². The topological polar surface area (TPSA) is 75.3 Å². The van der Waals surface area contributed by atoms with Gasteiger partial charge in [0.1, 0.15) is 6.04 Å². The summed E-state index contributed by atoms with van der Waals surface area (Å²) in [4.78, 5) is 10.5. The fourth-order valence-electron chi connectivity index (χ4n) is 0.940. The normalized spacial score (nSPS) is 12.2. The van der Waals surface area contributed by atoms with Gasteiger partial charge in [0.25, 0.3) is 0 Å². The summed E-state index contributed by atoms with van der Waals surface area (Å²) in [5, 5.41) is 11.6. The highest BCUT2D eigenvalue weighted by Crippen LogP contribution is 2.22. The quantitative estimate of drug-likeness (QED) is 0.693. The first-order valence-corrected chi connectivity index (χ1v) is 6.05. The van der Waals surface area contributed by atoms with Crippen LogP contribution in [0.1, 0.15) is 0 Å². The summed E-state index contributed by atoms with van der Waals surface area (Å²) in [6.07, 6.45) is 0. The molecule has 0 aromatic heterocycles. The van der Waals surface area contributed by atoms with E-state index in [1.165, 1.54) is 0 Å². The Morgan fingerprint density at radius 1 is 1.67 bits per heavy atom. The van der Waals surface area contributed by atoms with Crippen LogP contribution in [0.15, 0.2) is 22.7 Å². The number of halogens is 2. The Bertz CT molecular complexity index is 373. The summed E-state index contributed by atoms with van der Waals surface area (Å²) >= 11 is 5.51. The first-order chi connectivity index (χ1) is 7.00. The SMILES string of the molecule is NC(CNc1cc(Br)ccc1I)C(=O)O. The highest BCUT2D eigenvalue weighted by molar-refractivity contribution is 14.1. The predicted octanol–water partition coefficient (Wildman–Crippen LogP) is 1.88. The van der Waals surface area contributed by atoms with Crippen molar-refractivity contribution in [3.63, 3.8) is 0 Å². The Balaban J connectivity index is 2.65. The van der Waals surface area contributed by atoms with Gasteiger partial charge in [0, 0.05) is 20.3 Å². The van der Waals surface area contributed by atoms with Crippen molar-refractivity contribution in [1.29, 1.82) is 0 Å². The molecule has 1 unspecified atom stereocenters. The average Bonchev–Trinajstić information content (AvgIpc) is 2.18. The number of nitrogens with two attached hydrogens (primary N) is 1. The number of rotatable bonds is 4. The standard InChI is InChI=1S/C9H10BrIN2O2/c10-5-1-2-6(11)8(3-5)13-4-7(12)9(14)15/h1-3,7,13H,4,12H2,(H,14,15). The van der Waals surface area contributed by atoms with Crippen molar-refractivity contribution in [1.82, 2.24) is 0 Å². The van der Waals surface area contributed by atoms with Gasteiger partial charge in [0.05, 0.1) is 0 Å². The summed E-state index contributed by atoms with van der Waals surface area (Å²) in [7, 11) is 0. The van der Waals surface area contributed by atoms with Gasteiger partial charge in [-0.1, -0.05) is 15.9 Å². The van der Waals surface area contributed by atoms with Gasteiger partial charge in [0.15, 0.2) is 0 Å². The zero-order valence-corrected chi connectivity index (χ0v) is 11.4. The Kier molecular flexibility index (Phi) is 4.81. The second-order valence-electron chi connectivity index (χ2n) is 2.95. The van der Waals surface area contributed by atoms with Crippen molar-refractivity contribution in [2.45, 2.75) is 6.04 Å². The molecule has 1 aromatic rings. The lowest BCUT2D eigenvalue weighted by molar-refractivity contribution is -0.138. The minimum Gasteiger partial charge on any atom is -0.480 e. The minimum atomic E-state index is -1.01. The van der Waals surface area contributed by atoms with E-state index >= 15 is 0 Å². The molecule has 6 heteroatoms. The molecule has 1 aromatic carbocycles. The van der Waals surface area contributed by atoms with Gasteiger partial charge in [-0.15, -0.1) is 0 Å². The maximum absolute atomic E-state index is 10.5. The summed E-state index contributed by atoms with van der Waals surface area (Å²) in [6.45, 7) is 0.210. The molecule has 15 heavy (non-hydrogen) atoms. The molecule has 0 aliphatic heterocycles. The number of hydrogen-bond donors (Lipinski definition) is 3. The zero-order valence-electron chi connectivity index (χ0n) is 7.71. The number of nitrogens with one attached hydrogen (secondary N) is 1. The van der Waals surface area contributed by atoms with Crippen LogP contribution in [-0.4, -0.2) is 23.7 Å². The van der Waals surface area contributed by atoms with E-state index in [-0.39, 0.29) is 6.54 Å². The maximum atomic E-state index is 10.5. The third-order valence-corrected chi connectivity index (χ3v) is 3.19. The monoisotopic (exact) mass is 384 g/mol. The molecule has 0 bridgehead atoms. The molecular weight excluding hydrogens is 375 g/mol. The van der Waals surface area contributed by atoms with E-state index in [1.54, 1.807) is 0 Å². The van der Waals surface area contributed by atoms with Crippen LogP contribution in [0.4, 0.5) is 5.69 Å². The van der Waals surface area contributed by atoms with Gasteiger partial charge in [-0.2, -0.15) is 0 Å². The largest absolute Gasteiger partial charge is 0.480 e. The number of anilines is 1. The van der Waals surface area contributed by atoms with Crippen molar-refractivity contribution >= 4 is 50.2 Å². The van der Waals surface area contributed by atoms with Crippen LogP contribution in [-0.2, 0) is 4.79 Å². The summed E-state index contributed by atoms with van der Waals surface area (Å²) in [6, 6.07) is 4.85. The number of carbonyl (C=O) groups is 1. The first kappa shape index (κ1) is 12.7. The van der Waals surface area contributed by atoms with Crippen LogP contribution < -0.4 is 11.1 Å². The number of hydrogen-bond acceptors (Lipinski definition) is 3. The first-order valence-electron chi connectivity index (χ1n) is 4.18. The lowest BCUT2D eigenvalue weighted by Crippen LogP contribution is -2.37. The number of carboxylic acids is 1. The fraction of sp³-hybridized carbons (Fsp3) is 0.222. The van der Waals surface area contributed by atoms with Crippen molar-refractivity contribution in [3.8, 4) is 0 Å². The van der Waals surface area contributed by atoms with Crippen LogP contribution in [0.2, 0.25) is 0 Å². The summed E-state index contributed by atoms with van der Waals surface area (Å²) in [5.74, 6) is -1.01. The van der Waals surface area contributed by atoms with Crippen molar-refractivity contribution in [2.24, 2.45) is 5.73 Å². The van der Waals surface area contributed by atoms with Gasteiger partial charge in [-0.25, -0.2) is 0 Å². The minimum absolute atomic E-state index is 0.210. The third kappa shape index (κ3) is 3.96. The van der Waals surface area contributed by atoms with Gasteiger partial charge < -0.3 is 16.2 Å². The Hall–Kier alpha value is -0.340. The van der Waals surface area contributed by atoms with Crippen LogP contribution in [0.5, 0.6) is 0 Å². The molecule has 0 amide bonds. The smallest absolute Gasteiger partial charge is 0.322 e. The second-order valence-corrected chi connectivity index (χ2v) is 5.03. The van der Waals surface area contributed by atoms with E-state index in [4.69, 9.17) is 10.8 Å². The third-order valence-electron chi connectivity index (χ3n) is 1.76. The molecule has 0 radical (unpaired) electrons. The lowest BCUT2D eigenvalue weighted by atomic mass is 10.3. The molecule has 82 valence electrons. The molecule has 1 atom stereocenters. The van der Waals surface area contributed by atoms with E-state index in [1.807, 2.05) is 18.2 Å². The molecule has 0 aliphatic carbocycles. The van der Waals surface area contributed by atoms with E-state index < -0.39 is 12.0 Å². The second kappa shape index (κ2) is 5.66. The van der Waals surface area contributed by atoms with Crippen LogP contribution in [0.3, 0.4) is 0 Å². The highest BCUT2D eigenvalue weighted by Gasteiger charge is 2.11. The van der Waals surface area contributed by atoms with Crippen LogP contribution in [0, 0.1) is 3.57 Å². The van der Waals surface area contributed by atoms with Gasteiger partial charge in [0.2, 0.25) is 0 Å². The van der Waals surface area contributed by atoms with Gasteiger partial charge in [-0.3, -0.25) is 4.79 Å². The molecule has 0 aliphatic rings. The lowest BCUT2D eigenvalue weighted by Gasteiger charge is -2.11. The molecule has 1 rings (SSSR count). The summed E-state index contributed by atoms with van der Waals surface area (Å²) < 4.78 is 1.96. The van der Waals surface area contributed by atoms with E-state index in [0.29, 0.717) is 0 Å². The van der Waals surface area contributed by atoms with Crippen molar-refractivity contribution in [3.05, 3.63) is 26.2 Å². The molecule has 4 nitrogen and oxygen atoms in total. The molecule has 0 spiro atoms. The number of benzene rings is 1. The molecule has 0 saturated carbocycles. The fourth-order valence-corrected chi connectivity index (χ4v) is 1.83. The van der Waals surface area contributed by atoms with Gasteiger partial charge in [-0.05, 0) is 40.8 Å². The molecule has 4 N–H and O–H groups in total. The van der Waals surface area contributed by atoms with E-state index in [9.17, 15) is 4.79 Å². The number of carboxylic acid groups (broad SMARTS) is 1. The Morgan fingerprint density at radius 3 is 2.93 bits per heavy atom. The number of aliphatic carboxylic acids is 1. The van der Waals surface area contributed by atoms with Crippen LogP contribution in [0.25, 0.3) is 0 Å². The molecule has 0 fully saturated rings. The van der Waals surface area contributed by atoms with Gasteiger partial charge >= 0.3 is 5.97 Å². The molecular formula is C9H10BrIN2O2. The maximum Gasteiger partial charge on any atom is 0.322 e. The zero-order chi connectivity index (χ0) is 11.4. The Labute approximate surface area is 110 Å². The Morgan fingerprint density at radius 2 is 2.33 bits per heavy atom. The average molecular weight is 385 g/mol. The molecule has 0 saturated heterocycles.